The van der Waals surface area contributed by atoms with Crippen LogP contribution in [0, 0.1) is 13.8 Å². The smallest absolute Gasteiger partial charge is 0.233 e. The molecule has 45 heavy (non-hydrogen) atoms. The fourth-order valence-corrected chi connectivity index (χ4v) is 7.73. The number of H-pyrrole nitrogens is 1. The SMILES string of the molecule is Cc1cc(C)cc(-c2[nH]c3ccc(C(C)(C)C(=O)N4C5CCC4CC5)cc3c2CCNCc2ccc(-c3ccccn3)cc2)c1. The van der Waals surface area contributed by atoms with E-state index < -0.39 is 5.41 Å². The van der Waals surface area contributed by atoms with Gasteiger partial charge in [-0.25, -0.2) is 0 Å². The summed E-state index contributed by atoms with van der Waals surface area (Å²) in [5, 5.41) is 4.91. The number of pyridine rings is 1. The molecule has 0 spiro atoms. The molecule has 0 atom stereocenters. The molecule has 5 nitrogen and oxygen atoms in total. The van der Waals surface area contributed by atoms with E-state index in [1.165, 1.54) is 38.9 Å². The number of hydrogen-bond acceptors (Lipinski definition) is 3. The predicted molar refractivity (Wildman–Crippen MR) is 184 cm³/mol. The van der Waals surface area contributed by atoms with Crippen molar-refractivity contribution in [3.63, 3.8) is 0 Å². The van der Waals surface area contributed by atoms with Crippen molar-refractivity contribution in [3.05, 3.63) is 113 Å². The van der Waals surface area contributed by atoms with Crippen LogP contribution in [0.1, 0.15) is 67.3 Å². The third kappa shape index (κ3) is 5.70. The Bertz CT molecular complexity index is 1800. The van der Waals surface area contributed by atoms with Crippen molar-refractivity contribution in [1.82, 2.24) is 20.2 Å². The van der Waals surface area contributed by atoms with Gasteiger partial charge in [-0.2, -0.15) is 0 Å². The molecule has 3 aromatic carbocycles. The predicted octanol–water partition coefficient (Wildman–Crippen LogP) is 8.28. The zero-order chi connectivity index (χ0) is 31.1. The first-order valence-electron chi connectivity index (χ1n) is 16.6. The lowest BCUT2D eigenvalue weighted by Crippen LogP contribution is -2.45. The van der Waals surface area contributed by atoms with Crippen LogP contribution < -0.4 is 5.32 Å². The number of hydrogen-bond donors (Lipinski definition) is 2. The summed E-state index contributed by atoms with van der Waals surface area (Å²) < 4.78 is 0. The Morgan fingerprint density at radius 2 is 1.60 bits per heavy atom. The molecule has 2 aromatic heterocycles. The Hall–Kier alpha value is -4.22. The second kappa shape index (κ2) is 11.9. The van der Waals surface area contributed by atoms with Crippen LogP contribution in [-0.2, 0) is 23.2 Å². The molecule has 0 aliphatic carbocycles. The molecule has 2 bridgehead atoms. The maximum Gasteiger partial charge on any atom is 0.233 e. The van der Waals surface area contributed by atoms with Crippen molar-refractivity contribution in [2.75, 3.05) is 6.54 Å². The van der Waals surface area contributed by atoms with Crippen molar-refractivity contribution in [3.8, 4) is 22.5 Å². The molecule has 230 valence electrons. The summed E-state index contributed by atoms with van der Waals surface area (Å²) in [5.41, 5.74) is 11.2. The monoisotopic (exact) mass is 596 g/mol. The number of aryl methyl sites for hydroxylation is 2. The molecule has 0 radical (unpaired) electrons. The first kappa shape index (κ1) is 29.5. The molecule has 0 unspecified atom stereocenters. The van der Waals surface area contributed by atoms with Crippen molar-refractivity contribution in [1.29, 1.82) is 0 Å². The van der Waals surface area contributed by atoms with Crippen LogP contribution in [0.2, 0.25) is 0 Å². The summed E-state index contributed by atoms with van der Waals surface area (Å²) in [6.45, 7) is 10.2. The van der Waals surface area contributed by atoms with Gasteiger partial charge in [-0.15, -0.1) is 0 Å². The molecule has 1 amide bonds. The van der Waals surface area contributed by atoms with Gasteiger partial charge in [-0.1, -0.05) is 53.6 Å². The molecule has 2 aliphatic heterocycles. The average Bonchev–Trinajstić information content (AvgIpc) is 3.75. The molecule has 7 rings (SSSR count). The van der Waals surface area contributed by atoms with Crippen molar-refractivity contribution in [2.45, 2.75) is 83.8 Å². The Morgan fingerprint density at radius 1 is 0.889 bits per heavy atom. The van der Waals surface area contributed by atoms with Crippen LogP contribution >= 0.6 is 0 Å². The minimum atomic E-state index is -0.576. The van der Waals surface area contributed by atoms with Crippen LogP contribution in [0.15, 0.2) is 85.1 Å². The highest BCUT2D eigenvalue weighted by atomic mass is 16.2. The maximum atomic E-state index is 14.0. The number of benzene rings is 3. The van der Waals surface area contributed by atoms with Crippen LogP contribution in [0.4, 0.5) is 0 Å². The molecule has 2 fully saturated rings. The molecule has 0 saturated carbocycles. The standard InChI is InChI=1S/C40H44N4O/c1-26-21-27(2)23-30(22-26)38-34(18-20-41-25-28-8-10-29(11-9-28)36-7-5-6-19-42-36)35-24-31(12-17-37(35)43-38)40(3,4)39(45)44-32-13-14-33(44)16-15-32/h5-12,17,19,21-24,32-33,41,43H,13-16,18,20,25H2,1-4H3. The summed E-state index contributed by atoms with van der Waals surface area (Å²) >= 11 is 0. The van der Waals surface area contributed by atoms with Crippen molar-refractivity contribution in [2.24, 2.45) is 0 Å². The van der Waals surface area contributed by atoms with E-state index in [-0.39, 0.29) is 5.91 Å². The van der Waals surface area contributed by atoms with Crippen LogP contribution in [-0.4, -0.2) is 39.4 Å². The van der Waals surface area contributed by atoms with Crippen LogP contribution in [0.3, 0.4) is 0 Å². The van der Waals surface area contributed by atoms with Gasteiger partial charge in [0.25, 0.3) is 0 Å². The number of aromatic amines is 1. The molecule has 5 heteroatoms. The Labute approximate surface area is 267 Å². The van der Waals surface area contributed by atoms with Gasteiger partial charge < -0.3 is 15.2 Å². The van der Waals surface area contributed by atoms with E-state index in [0.717, 1.165) is 67.5 Å². The van der Waals surface area contributed by atoms with Gasteiger partial charge in [0, 0.05) is 47.0 Å². The van der Waals surface area contributed by atoms with Gasteiger partial charge >= 0.3 is 0 Å². The maximum absolute atomic E-state index is 14.0. The molecule has 5 aromatic rings. The van der Waals surface area contributed by atoms with E-state index in [1.807, 2.05) is 24.4 Å². The fraction of sp³-hybridized carbons (Fsp3) is 0.350. The van der Waals surface area contributed by atoms with E-state index >= 15 is 0 Å². The van der Waals surface area contributed by atoms with E-state index in [9.17, 15) is 4.79 Å². The fourth-order valence-electron chi connectivity index (χ4n) is 7.73. The van der Waals surface area contributed by atoms with Gasteiger partial charge in [0.2, 0.25) is 5.91 Å². The van der Waals surface area contributed by atoms with Gasteiger partial charge in [0.15, 0.2) is 0 Å². The van der Waals surface area contributed by atoms with Crippen molar-refractivity contribution < 1.29 is 4.79 Å². The number of carbonyl (C=O) groups is 1. The average molecular weight is 597 g/mol. The molecule has 2 aliphatic rings. The Kier molecular flexibility index (Phi) is 7.83. The third-order valence-electron chi connectivity index (χ3n) is 10.2. The van der Waals surface area contributed by atoms with E-state index in [4.69, 9.17) is 0 Å². The van der Waals surface area contributed by atoms with E-state index in [1.54, 1.807) is 0 Å². The minimum absolute atomic E-state index is 0.286. The minimum Gasteiger partial charge on any atom is -0.354 e. The first-order chi connectivity index (χ1) is 21.8. The van der Waals surface area contributed by atoms with E-state index in [0.29, 0.717) is 12.1 Å². The summed E-state index contributed by atoms with van der Waals surface area (Å²) in [5.74, 6) is 0.286. The number of rotatable bonds is 9. The topological polar surface area (TPSA) is 61.0 Å². The van der Waals surface area contributed by atoms with Gasteiger partial charge in [-0.3, -0.25) is 9.78 Å². The lowest BCUT2D eigenvalue weighted by Gasteiger charge is -2.33. The lowest BCUT2D eigenvalue weighted by atomic mass is 9.82. The summed E-state index contributed by atoms with van der Waals surface area (Å²) in [6.07, 6.45) is 7.35. The Balaban J connectivity index is 1.15. The van der Waals surface area contributed by atoms with E-state index in [2.05, 4.69) is 109 Å². The highest BCUT2D eigenvalue weighted by Gasteiger charge is 2.46. The Morgan fingerprint density at radius 3 is 2.27 bits per heavy atom. The number of nitrogens with one attached hydrogen (secondary N) is 2. The lowest BCUT2D eigenvalue weighted by molar-refractivity contribution is -0.137. The number of fused-ring (bicyclic) bond motifs is 3. The largest absolute Gasteiger partial charge is 0.354 e. The quantitative estimate of drug-likeness (QED) is 0.168. The number of aromatic nitrogens is 2. The first-order valence-corrected chi connectivity index (χ1v) is 16.6. The highest BCUT2D eigenvalue weighted by molar-refractivity contribution is 5.94. The second-order valence-corrected chi connectivity index (χ2v) is 13.8. The summed E-state index contributed by atoms with van der Waals surface area (Å²) in [7, 11) is 0. The molecule has 4 heterocycles. The third-order valence-corrected chi connectivity index (χ3v) is 10.2. The zero-order valence-corrected chi connectivity index (χ0v) is 27.0. The second-order valence-electron chi connectivity index (χ2n) is 13.8. The van der Waals surface area contributed by atoms with Crippen LogP contribution in [0.25, 0.3) is 33.4 Å². The molecular weight excluding hydrogens is 552 g/mol. The van der Waals surface area contributed by atoms with Gasteiger partial charge in [0.05, 0.1) is 11.1 Å². The zero-order valence-electron chi connectivity index (χ0n) is 27.0. The summed E-state index contributed by atoms with van der Waals surface area (Å²) in [6, 6.07) is 28.9. The summed E-state index contributed by atoms with van der Waals surface area (Å²) in [4.78, 5) is 24.5. The normalized spacial score (nSPS) is 17.8. The van der Waals surface area contributed by atoms with Gasteiger partial charge in [0.1, 0.15) is 0 Å². The number of amides is 1. The molecular formula is C40H44N4O. The number of carbonyl (C=O) groups excluding carboxylic acids is 1. The highest BCUT2D eigenvalue weighted by Crippen LogP contribution is 2.42. The van der Waals surface area contributed by atoms with Crippen molar-refractivity contribution >= 4 is 16.8 Å². The molecule has 2 saturated heterocycles. The number of nitrogens with zero attached hydrogens (tertiary/aromatic N) is 2. The van der Waals surface area contributed by atoms with Gasteiger partial charge in [-0.05, 0) is 125 Å². The molecule has 2 N–H and O–H groups in total. The van der Waals surface area contributed by atoms with Crippen LogP contribution in [0.5, 0.6) is 0 Å².